The van der Waals surface area contributed by atoms with Gasteiger partial charge in [-0.2, -0.15) is 0 Å². The maximum atomic E-state index is 14.4. The molecule has 0 fully saturated rings. The van der Waals surface area contributed by atoms with Crippen LogP contribution in [0.4, 0.5) is 11.8 Å². The Balaban J connectivity index is 1.63. The molecule has 1 atom stereocenters. The number of nitrogens with one attached hydrogen (secondary N) is 2. The SMILES string of the molecule is Cc1nc(N)ncc1-c1cccc2c(Cl)c([C@H](C)Nc3ncnc4[nH]ccc(=O)c34)n(-c3ccccc3)c(=O)c12. The first-order chi connectivity index (χ1) is 19.3. The van der Waals surface area contributed by atoms with E-state index in [1.54, 1.807) is 10.8 Å². The van der Waals surface area contributed by atoms with Crippen molar-refractivity contribution < 1.29 is 0 Å². The average molecular weight is 551 g/mol. The zero-order valence-electron chi connectivity index (χ0n) is 21.5. The molecule has 6 aromatic rings. The number of nitrogens with two attached hydrogens (primary N) is 1. The zero-order chi connectivity index (χ0) is 28.0. The molecule has 6 rings (SSSR count). The summed E-state index contributed by atoms with van der Waals surface area (Å²) in [5.41, 5.74) is 8.78. The second kappa shape index (κ2) is 9.90. The van der Waals surface area contributed by atoms with Gasteiger partial charge in [-0.1, -0.05) is 48.0 Å². The summed E-state index contributed by atoms with van der Waals surface area (Å²) in [6.07, 6.45) is 4.51. The van der Waals surface area contributed by atoms with Gasteiger partial charge in [-0.3, -0.25) is 14.2 Å². The maximum Gasteiger partial charge on any atom is 0.263 e. The molecule has 0 saturated carbocycles. The summed E-state index contributed by atoms with van der Waals surface area (Å²) >= 11 is 7.15. The molecule has 0 spiro atoms. The standard InChI is InChI=1S/C29H23ClN8O2/c1-15-20(13-33-29(31)37-15)18-9-6-10-19-22(18)28(40)38(17-7-4-3-5-8-17)25(24(19)30)16(2)36-27-23-21(39)11-12-32-26(23)34-14-35-27/h3-14,16H,1-2H3,(H2,31,33,37)(H2,32,34,35,36,39)/t16-/m0/s1. The van der Waals surface area contributed by atoms with Crippen molar-refractivity contribution in [2.75, 3.05) is 11.1 Å². The van der Waals surface area contributed by atoms with Crippen molar-refractivity contribution in [3.63, 3.8) is 0 Å². The normalized spacial score (nSPS) is 12.1. The van der Waals surface area contributed by atoms with Gasteiger partial charge >= 0.3 is 0 Å². The van der Waals surface area contributed by atoms with Crippen LogP contribution in [0.3, 0.4) is 0 Å². The number of fused-ring (bicyclic) bond motifs is 2. The van der Waals surface area contributed by atoms with Crippen LogP contribution in [-0.2, 0) is 0 Å². The summed E-state index contributed by atoms with van der Waals surface area (Å²) in [5, 5.41) is 4.98. The molecular weight excluding hydrogens is 528 g/mol. The van der Waals surface area contributed by atoms with E-state index in [1.807, 2.05) is 62.4 Å². The average Bonchev–Trinajstić information content (AvgIpc) is 2.95. The number of anilines is 2. The lowest BCUT2D eigenvalue weighted by Gasteiger charge is -2.24. The quantitative estimate of drug-likeness (QED) is 0.278. The number of halogens is 1. The highest BCUT2D eigenvalue weighted by Gasteiger charge is 2.25. The van der Waals surface area contributed by atoms with Gasteiger partial charge in [0.05, 0.1) is 27.8 Å². The van der Waals surface area contributed by atoms with Crippen LogP contribution < -0.4 is 22.0 Å². The summed E-state index contributed by atoms with van der Waals surface area (Å²) in [6, 6.07) is 15.6. The Kier molecular flexibility index (Phi) is 6.24. The number of aromatic amines is 1. The van der Waals surface area contributed by atoms with Crippen molar-refractivity contribution in [2.24, 2.45) is 0 Å². The van der Waals surface area contributed by atoms with Crippen LogP contribution in [-0.4, -0.2) is 29.5 Å². The molecule has 11 heteroatoms. The number of pyridine rings is 2. The third-order valence-electron chi connectivity index (χ3n) is 6.80. The van der Waals surface area contributed by atoms with Crippen LogP contribution in [0.2, 0.25) is 5.02 Å². The van der Waals surface area contributed by atoms with Crippen LogP contribution in [0.25, 0.3) is 38.6 Å². The fraction of sp³-hybridized carbons (Fsp3) is 0.103. The van der Waals surface area contributed by atoms with Crippen LogP contribution in [0.5, 0.6) is 0 Å². The molecule has 0 aliphatic carbocycles. The highest BCUT2D eigenvalue weighted by Crippen LogP contribution is 2.37. The van der Waals surface area contributed by atoms with E-state index in [9.17, 15) is 9.59 Å². The number of H-pyrrole nitrogens is 1. The number of hydrogen-bond donors (Lipinski definition) is 3. The van der Waals surface area contributed by atoms with E-state index in [0.717, 1.165) is 0 Å². The molecule has 0 radical (unpaired) electrons. The van der Waals surface area contributed by atoms with Gasteiger partial charge in [0.1, 0.15) is 23.2 Å². The van der Waals surface area contributed by atoms with Crippen molar-refractivity contribution in [3.05, 3.63) is 110 Å². The summed E-state index contributed by atoms with van der Waals surface area (Å²) in [7, 11) is 0. The first kappa shape index (κ1) is 25.2. The highest BCUT2D eigenvalue weighted by molar-refractivity contribution is 6.36. The van der Waals surface area contributed by atoms with E-state index in [2.05, 4.69) is 30.2 Å². The lowest BCUT2D eigenvalue weighted by molar-refractivity contribution is 0.774. The van der Waals surface area contributed by atoms with Crippen molar-refractivity contribution >= 4 is 45.2 Å². The van der Waals surface area contributed by atoms with Crippen molar-refractivity contribution in [1.29, 1.82) is 0 Å². The van der Waals surface area contributed by atoms with Gasteiger partial charge in [0.15, 0.2) is 5.43 Å². The minimum atomic E-state index is -0.548. The Labute approximate surface area is 232 Å². The molecular formula is C29H23ClN8O2. The van der Waals surface area contributed by atoms with Crippen LogP contribution >= 0.6 is 11.6 Å². The molecule has 0 saturated heterocycles. The molecule has 2 aromatic carbocycles. The molecule has 0 aliphatic heterocycles. The molecule has 40 heavy (non-hydrogen) atoms. The number of para-hydroxylation sites is 1. The lowest BCUT2D eigenvalue weighted by Crippen LogP contribution is -2.27. The number of benzene rings is 2. The Hall–Kier alpha value is -5.09. The van der Waals surface area contributed by atoms with Crippen LogP contribution in [0.15, 0.2) is 82.9 Å². The van der Waals surface area contributed by atoms with E-state index >= 15 is 0 Å². The Morgan fingerprint density at radius 1 is 0.975 bits per heavy atom. The summed E-state index contributed by atoms with van der Waals surface area (Å²) in [6.45, 7) is 3.68. The number of nitrogen functional groups attached to an aromatic ring is 1. The largest absolute Gasteiger partial charge is 0.368 e. The first-order valence-corrected chi connectivity index (χ1v) is 12.8. The summed E-state index contributed by atoms with van der Waals surface area (Å²) < 4.78 is 1.59. The van der Waals surface area contributed by atoms with E-state index in [1.165, 1.54) is 18.6 Å². The Morgan fingerprint density at radius 3 is 2.55 bits per heavy atom. The van der Waals surface area contributed by atoms with E-state index in [-0.39, 0.29) is 16.9 Å². The van der Waals surface area contributed by atoms with Crippen molar-refractivity contribution in [3.8, 4) is 16.8 Å². The number of aryl methyl sites for hydroxylation is 1. The third-order valence-corrected chi connectivity index (χ3v) is 7.20. The van der Waals surface area contributed by atoms with E-state index in [0.29, 0.717) is 60.8 Å². The van der Waals surface area contributed by atoms with Crippen molar-refractivity contribution in [2.45, 2.75) is 19.9 Å². The number of nitrogens with zero attached hydrogens (tertiary/aromatic N) is 5. The summed E-state index contributed by atoms with van der Waals surface area (Å²) in [4.78, 5) is 47.0. The number of hydrogen-bond acceptors (Lipinski definition) is 8. The van der Waals surface area contributed by atoms with E-state index < -0.39 is 6.04 Å². The third kappa shape index (κ3) is 4.15. The van der Waals surface area contributed by atoms with Gasteiger partial charge in [0, 0.05) is 35.1 Å². The predicted molar refractivity (Wildman–Crippen MR) is 157 cm³/mol. The van der Waals surface area contributed by atoms with Gasteiger partial charge in [0.25, 0.3) is 5.56 Å². The van der Waals surface area contributed by atoms with Gasteiger partial charge < -0.3 is 16.0 Å². The van der Waals surface area contributed by atoms with Gasteiger partial charge in [-0.25, -0.2) is 19.9 Å². The molecule has 4 N–H and O–H groups in total. The Morgan fingerprint density at radius 2 is 1.77 bits per heavy atom. The number of aromatic nitrogens is 6. The van der Waals surface area contributed by atoms with E-state index in [4.69, 9.17) is 17.3 Å². The fourth-order valence-corrected chi connectivity index (χ4v) is 5.41. The van der Waals surface area contributed by atoms with Gasteiger partial charge in [-0.15, -0.1) is 0 Å². The zero-order valence-corrected chi connectivity index (χ0v) is 22.3. The molecule has 0 bridgehead atoms. The molecule has 198 valence electrons. The Bertz CT molecular complexity index is 2030. The second-order valence-corrected chi connectivity index (χ2v) is 9.66. The fourth-order valence-electron chi connectivity index (χ4n) is 5.00. The molecule has 0 aliphatic rings. The molecule has 10 nitrogen and oxygen atoms in total. The van der Waals surface area contributed by atoms with Gasteiger partial charge in [0.2, 0.25) is 5.95 Å². The van der Waals surface area contributed by atoms with Gasteiger partial charge in [-0.05, 0) is 31.5 Å². The minimum Gasteiger partial charge on any atom is -0.368 e. The second-order valence-electron chi connectivity index (χ2n) is 9.28. The smallest absolute Gasteiger partial charge is 0.263 e. The minimum absolute atomic E-state index is 0.152. The number of rotatable bonds is 5. The lowest BCUT2D eigenvalue weighted by atomic mass is 9.97. The van der Waals surface area contributed by atoms with Crippen molar-refractivity contribution in [1.82, 2.24) is 29.5 Å². The maximum absolute atomic E-state index is 14.4. The van der Waals surface area contributed by atoms with Crippen LogP contribution in [0.1, 0.15) is 24.4 Å². The highest BCUT2D eigenvalue weighted by atomic mass is 35.5. The van der Waals surface area contributed by atoms with Crippen LogP contribution in [0, 0.1) is 6.92 Å². The topological polar surface area (TPSA) is 144 Å². The molecule has 0 unspecified atom stereocenters. The predicted octanol–water partition coefficient (Wildman–Crippen LogP) is 4.80. The first-order valence-electron chi connectivity index (χ1n) is 12.5. The molecule has 4 heterocycles. The summed E-state index contributed by atoms with van der Waals surface area (Å²) in [5.74, 6) is 0.477. The monoisotopic (exact) mass is 550 g/mol. The molecule has 4 aromatic heterocycles. The molecule has 0 amide bonds.